The van der Waals surface area contributed by atoms with Gasteiger partial charge in [-0.2, -0.15) is 4.31 Å². The number of hydrogen-bond donors (Lipinski definition) is 2. The van der Waals surface area contributed by atoms with Gasteiger partial charge in [0, 0.05) is 25.0 Å². The van der Waals surface area contributed by atoms with Gasteiger partial charge in [-0.15, -0.1) is 0 Å². The maximum Gasteiger partial charge on any atom is 0.335 e. The summed E-state index contributed by atoms with van der Waals surface area (Å²) in [6.45, 7) is 2.17. The van der Waals surface area contributed by atoms with Gasteiger partial charge in [0.25, 0.3) is 0 Å². The Hall–Kier alpha value is -2.16. The Morgan fingerprint density at radius 1 is 1.29 bits per heavy atom. The number of carboxylic acid groups (broad SMARTS) is 1. The van der Waals surface area contributed by atoms with Crippen LogP contribution in [-0.4, -0.2) is 42.9 Å². The van der Waals surface area contributed by atoms with E-state index in [-0.39, 0.29) is 35.5 Å². The van der Waals surface area contributed by atoms with Crippen molar-refractivity contribution in [3.8, 4) is 0 Å². The van der Waals surface area contributed by atoms with Gasteiger partial charge in [-0.05, 0) is 37.3 Å². The summed E-state index contributed by atoms with van der Waals surface area (Å²) in [6.07, 6.45) is 0. The number of rotatable bonds is 4. The van der Waals surface area contributed by atoms with Crippen molar-refractivity contribution in [1.82, 2.24) is 4.31 Å². The van der Waals surface area contributed by atoms with Gasteiger partial charge in [0.05, 0.1) is 10.5 Å². The second-order valence-corrected chi connectivity index (χ2v) is 7.81. The second kappa shape index (κ2) is 6.04. The van der Waals surface area contributed by atoms with Crippen molar-refractivity contribution in [3.63, 3.8) is 0 Å². The highest BCUT2D eigenvalue weighted by Crippen LogP contribution is 2.31. The van der Waals surface area contributed by atoms with Crippen LogP contribution in [0.4, 0.5) is 0 Å². The summed E-state index contributed by atoms with van der Waals surface area (Å²) < 4.78 is 32.4. The number of benzene rings is 1. The van der Waals surface area contributed by atoms with Gasteiger partial charge in [0.1, 0.15) is 11.5 Å². The highest BCUT2D eigenvalue weighted by atomic mass is 32.2. The Bertz CT molecular complexity index is 874. The molecule has 3 N–H and O–H groups in total. The van der Waals surface area contributed by atoms with Gasteiger partial charge >= 0.3 is 5.97 Å². The van der Waals surface area contributed by atoms with Crippen LogP contribution in [0.2, 0.25) is 0 Å². The lowest BCUT2D eigenvalue weighted by Crippen LogP contribution is -2.32. The van der Waals surface area contributed by atoms with E-state index in [1.807, 2.05) is 13.0 Å². The van der Waals surface area contributed by atoms with Crippen molar-refractivity contribution < 1.29 is 22.7 Å². The lowest BCUT2D eigenvalue weighted by molar-refractivity contribution is 0.0696. The molecule has 0 aliphatic carbocycles. The van der Waals surface area contributed by atoms with Crippen LogP contribution in [0.1, 0.15) is 27.8 Å². The molecule has 24 heavy (non-hydrogen) atoms. The van der Waals surface area contributed by atoms with Crippen LogP contribution in [0, 0.1) is 6.92 Å². The standard InChI is InChI=1S/C16H18N2O5S/c1-10-5-6-15(23-10)13-8-18(9-14(13)17)24(21,22)12-4-2-3-11(7-12)16(19)20/h2-7,13-14H,8-9,17H2,1H3,(H,19,20)/t13-,14-/m1/s1. The number of furan rings is 1. The van der Waals surface area contributed by atoms with Crippen molar-refractivity contribution in [2.45, 2.75) is 23.8 Å². The predicted molar refractivity (Wildman–Crippen MR) is 86.3 cm³/mol. The van der Waals surface area contributed by atoms with E-state index in [2.05, 4.69) is 0 Å². The summed E-state index contributed by atoms with van der Waals surface area (Å²) in [5, 5.41) is 9.03. The third kappa shape index (κ3) is 2.95. The highest BCUT2D eigenvalue weighted by Gasteiger charge is 2.39. The first-order valence-electron chi connectivity index (χ1n) is 7.44. The molecule has 2 aromatic rings. The quantitative estimate of drug-likeness (QED) is 0.861. The van der Waals surface area contributed by atoms with Gasteiger partial charge < -0.3 is 15.3 Å². The van der Waals surface area contributed by atoms with Gasteiger partial charge in [0.2, 0.25) is 10.0 Å². The van der Waals surface area contributed by atoms with Crippen molar-refractivity contribution in [1.29, 1.82) is 0 Å². The number of aryl methyl sites for hydroxylation is 1. The Balaban J connectivity index is 1.88. The summed E-state index contributed by atoms with van der Waals surface area (Å²) >= 11 is 0. The molecule has 0 bridgehead atoms. The molecule has 1 saturated heterocycles. The van der Waals surface area contributed by atoms with Crippen LogP contribution in [0.15, 0.2) is 45.7 Å². The fraction of sp³-hybridized carbons (Fsp3) is 0.312. The second-order valence-electron chi connectivity index (χ2n) is 5.87. The summed E-state index contributed by atoms with van der Waals surface area (Å²) in [7, 11) is -3.81. The average Bonchev–Trinajstić information content (AvgIpc) is 3.13. The van der Waals surface area contributed by atoms with E-state index in [4.69, 9.17) is 15.3 Å². The molecule has 0 radical (unpaired) electrons. The zero-order chi connectivity index (χ0) is 17.5. The SMILES string of the molecule is Cc1ccc([C@@H]2CN(S(=O)(=O)c3cccc(C(=O)O)c3)C[C@H]2N)o1. The smallest absolute Gasteiger partial charge is 0.335 e. The normalized spacial score (nSPS) is 21.9. The molecule has 0 amide bonds. The molecule has 1 aromatic carbocycles. The maximum absolute atomic E-state index is 12.8. The lowest BCUT2D eigenvalue weighted by atomic mass is 10.0. The van der Waals surface area contributed by atoms with Crippen molar-refractivity contribution in [3.05, 3.63) is 53.5 Å². The van der Waals surface area contributed by atoms with E-state index in [0.717, 1.165) is 11.8 Å². The number of nitrogens with zero attached hydrogens (tertiary/aromatic N) is 1. The topological polar surface area (TPSA) is 114 Å². The van der Waals surface area contributed by atoms with Crippen molar-refractivity contribution in [2.24, 2.45) is 5.73 Å². The summed E-state index contributed by atoms with van der Waals surface area (Å²) in [5.74, 6) is 0.00916. The van der Waals surface area contributed by atoms with Crippen LogP contribution < -0.4 is 5.73 Å². The van der Waals surface area contributed by atoms with Gasteiger partial charge in [0.15, 0.2) is 0 Å². The number of nitrogens with two attached hydrogens (primary N) is 1. The van der Waals surface area contributed by atoms with Crippen LogP contribution in [0.5, 0.6) is 0 Å². The minimum Gasteiger partial charge on any atom is -0.478 e. The van der Waals surface area contributed by atoms with E-state index < -0.39 is 16.0 Å². The third-order valence-electron chi connectivity index (χ3n) is 4.18. The van der Waals surface area contributed by atoms with Crippen LogP contribution in [0.3, 0.4) is 0 Å². The minimum atomic E-state index is -3.81. The molecule has 0 spiro atoms. The summed E-state index contributed by atoms with van der Waals surface area (Å²) in [5.41, 5.74) is 6.03. The monoisotopic (exact) mass is 350 g/mol. The molecule has 7 nitrogen and oxygen atoms in total. The van der Waals surface area contributed by atoms with Gasteiger partial charge in [-0.3, -0.25) is 0 Å². The largest absolute Gasteiger partial charge is 0.478 e. The minimum absolute atomic E-state index is 0.0501. The number of carboxylic acids is 1. The Morgan fingerprint density at radius 3 is 2.67 bits per heavy atom. The fourth-order valence-corrected chi connectivity index (χ4v) is 4.43. The third-order valence-corrected chi connectivity index (χ3v) is 6.00. The van der Waals surface area contributed by atoms with Gasteiger partial charge in [-0.1, -0.05) is 6.07 Å². The van der Waals surface area contributed by atoms with Crippen LogP contribution in [-0.2, 0) is 10.0 Å². The first-order valence-corrected chi connectivity index (χ1v) is 8.88. The highest BCUT2D eigenvalue weighted by molar-refractivity contribution is 7.89. The number of sulfonamides is 1. The molecule has 0 saturated carbocycles. The summed E-state index contributed by atoms with van der Waals surface area (Å²) in [6, 6.07) is 8.56. The van der Waals surface area contributed by atoms with E-state index in [9.17, 15) is 13.2 Å². The Kier molecular flexibility index (Phi) is 4.20. The number of carbonyl (C=O) groups is 1. The molecular formula is C16H18N2O5S. The van der Waals surface area contributed by atoms with Gasteiger partial charge in [-0.25, -0.2) is 13.2 Å². The zero-order valence-corrected chi connectivity index (χ0v) is 13.9. The first kappa shape index (κ1) is 16.7. The molecule has 1 aromatic heterocycles. The molecule has 1 aliphatic rings. The molecule has 2 atom stereocenters. The van der Waals surface area contributed by atoms with Crippen molar-refractivity contribution >= 4 is 16.0 Å². The molecule has 3 rings (SSSR count). The fourth-order valence-electron chi connectivity index (χ4n) is 2.88. The summed E-state index contributed by atoms with van der Waals surface area (Å²) in [4.78, 5) is 11.0. The van der Waals surface area contributed by atoms with Crippen molar-refractivity contribution in [2.75, 3.05) is 13.1 Å². The Morgan fingerprint density at radius 2 is 2.04 bits per heavy atom. The molecule has 1 aliphatic heterocycles. The molecule has 8 heteroatoms. The van der Waals surface area contributed by atoms with E-state index in [0.29, 0.717) is 5.76 Å². The van der Waals surface area contributed by atoms with E-state index >= 15 is 0 Å². The first-order chi connectivity index (χ1) is 11.3. The molecule has 1 fully saturated rings. The van der Waals surface area contributed by atoms with E-state index in [1.165, 1.54) is 22.5 Å². The molecule has 2 heterocycles. The molecular weight excluding hydrogens is 332 g/mol. The van der Waals surface area contributed by atoms with Crippen LogP contribution >= 0.6 is 0 Å². The van der Waals surface area contributed by atoms with E-state index in [1.54, 1.807) is 6.07 Å². The lowest BCUT2D eigenvalue weighted by Gasteiger charge is -2.16. The van der Waals surface area contributed by atoms with Crippen LogP contribution in [0.25, 0.3) is 0 Å². The number of aromatic carboxylic acids is 1. The zero-order valence-electron chi connectivity index (χ0n) is 13.0. The molecule has 0 unspecified atom stereocenters. The maximum atomic E-state index is 12.8. The average molecular weight is 350 g/mol. The number of hydrogen-bond acceptors (Lipinski definition) is 5. The Labute approximate surface area is 139 Å². The predicted octanol–water partition coefficient (Wildman–Crippen LogP) is 1.40. The molecule has 128 valence electrons.